The lowest BCUT2D eigenvalue weighted by atomic mass is 9.99. The van der Waals surface area contributed by atoms with Crippen molar-refractivity contribution in [2.75, 3.05) is 31.6 Å². The second kappa shape index (κ2) is 15.0. The van der Waals surface area contributed by atoms with Crippen molar-refractivity contribution in [1.29, 1.82) is 0 Å². The van der Waals surface area contributed by atoms with Crippen molar-refractivity contribution in [1.82, 2.24) is 14.8 Å². The van der Waals surface area contributed by atoms with Crippen molar-refractivity contribution in [2.24, 2.45) is 5.92 Å². The fraction of sp³-hybridized carbons (Fsp3) is 0.486. The van der Waals surface area contributed by atoms with Crippen molar-refractivity contribution >= 4 is 17.4 Å². The summed E-state index contributed by atoms with van der Waals surface area (Å²) in [6.07, 6.45) is 9.87. The number of carbonyl (C=O) groups is 1. The maximum atomic E-state index is 14.0. The Labute approximate surface area is 242 Å². The maximum absolute atomic E-state index is 14.0. The van der Waals surface area contributed by atoms with Gasteiger partial charge in [0.2, 0.25) is 0 Å². The fourth-order valence-corrected chi connectivity index (χ4v) is 5.53. The minimum absolute atomic E-state index is 0.149. The fourth-order valence-electron chi connectivity index (χ4n) is 5.53. The number of amides is 1. The molecule has 2 aromatic carbocycles. The Morgan fingerprint density at radius 2 is 1.65 bits per heavy atom. The van der Waals surface area contributed by atoms with Crippen molar-refractivity contribution in [3.63, 3.8) is 0 Å². The standard InChI is InChI=1S/C35H48N4O/c1-5-6-7-10-29-12-16-31(17-13-29)35(40)39(33-21-25-38(26-22-33)24-20-28(2)3)27-30-14-18-32(19-15-30)37(4)34-11-8-9-23-36-34/h8-9,11-19,23,28,33H,5-7,10,20-22,24-27H2,1-4H3. The molecule has 0 N–H and O–H groups in total. The zero-order valence-corrected chi connectivity index (χ0v) is 25.1. The maximum Gasteiger partial charge on any atom is 0.254 e. The molecule has 5 nitrogen and oxygen atoms in total. The molecule has 5 heteroatoms. The molecule has 40 heavy (non-hydrogen) atoms. The number of likely N-dealkylation sites (tertiary alicyclic amines) is 1. The van der Waals surface area contributed by atoms with Gasteiger partial charge in [-0.25, -0.2) is 4.98 Å². The third-order valence-corrected chi connectivity index (χ3v) is 8.22. The van der Waals surface area contributed by atoms with Crippen LogP contribution in [-0.2, 0) is 13.0 Å². The van der Waals surface area contributed by atoms with Crippen LogP contribution in [0, 0.1) is 5.92 Å². The highest BCUT2D eigenvalue weighted by atomic mass is 16.2. The second-order valence-electron chi connectivity index (χ2n) is 11.8. The van der Waals surface area contributed by atoms with E-state index in [1.165, 1.54) is 31.2 Å². The first-order valence-corrected chi connectivity index (χ1v) is 15.3. The molecule has 0 bridgehead atoms. The number of hydrogen-bond acceptors (Lipinski definition) is 4. The normalized spacial score (nSPS) is 14.4. The predicted molar refractivity (Wildman–Crippen MR) is 167 cm³/mol. The molecule has 1 saturated heterocycles. The topological polar surface area (TPSA) is 39.7 Å². The van der Waals surface area contributed by atoms with Crippen molar-refractivity contribution in [3.05, 3.63) is 89.6 Å². The van der Waals surface area contributed by atoms with Crippen LogP contribution in [0.15, 0.2) is 72.9 Å². The van der Waals surface area contributed by atoms with E-state index < -0.39 is 0 Å². The van der Waals surface area contributed by atoms with Crippen LogP contribution in [0.1, 0.15) is 80.8 Å². The van der Waals surface area contributed by atoms with Crippen LogP contribution < -0.4 is 4.90 Å². The summed E-state index contributed by atoms with van der Waals surface area (Å²) in [6.45, 7) is 10.7. The Morgan fingerprint density at radius 1 is 0.950 bits per heavy atom. The van der Waals surface area contributed by atoms with Gasteiger partial charge in [0.15, 0.2) is 0 Å². The van der Waals surface area contributed by atoms with Gasteiger partial charge >= 0.3 is 0 Å². The lowest BCUT2D eigenvalue weighted by molar-refractivity contribution is 0.0546. The first-order valence-electron chi connectivity index (χ1n) is 15.3. The number of aromatic nitrogens is 1. The number of piperidine rings is 1. The molecular weight excluding hydrogens is 492 g/mol. The number of pyridine rings is 1. The van der Waals surface area contributed by atoms with Gasteiger partial charge in [-0.1, -0.05) is 63.9 Å². The van der Waals surface area contributed by atoms with Crippen LogP contribution in [0.25, 0.3) is 0 Å². The van der Waals surface area contributed by atoms with Crippen LogP contribution in [0.4, 0.5) is 11.5 Å². The Balaban J connectivity index is 1.48. The molecule has 1 fully saturated rings. The van der Waals surface area contributed by atoms with E-state index in [2.05, 4.69) is 76.9 Å². The lowest BCUT2D eigenvalue weighted by Crippen LogP contribution is -2.47. The Kier molecular flexibility index (Phi) is 11.2. The van der Waals surface area contributed by atoms with Gasteiger partial charge in [-0.3, -0.25) is 4.79 Å². The first-order chi connectivity index (χ1) is 19.4. The zero-order chi connectivity index (χ0) is 28.3. The molecule has 0 unspecified atom stereocenters. The molecule has 0 atom stereocenters. The number of hydrogen-bond donors (Lipinski definition) is 0. The third kappa shape index (κ3) is 8.41. The van der Waals surface area contributed by atoms with E-state index in [1.807, 2.05) is 43.6 Å². The molecule has 4 rings (SSSR count). The summed E-state index contributed by atoms with van der Waals surface area (Å²) in [4.78, 5) is 25.2. The van der Waals surface area contributed by atoms with Crippen LogP contribution >= 0.6 is 0 Å². The Morgan fingerprint density at radius 3 is 2.27 bits per heavy atom. The zero-order valence-electron chi connectivity index (χ0n) is 25.1. The molecule has 0 saturated carbocycles. The van der Waals surface area contributed by atoms with Gasteiger partial charge in [-0.2, -0.15) is 0 Å². The highest BCUT2D eigenvalue weighted by Crippen LogP contribution is 2.25. The third-order valence-electron chi connectivity index (χ3n) is 8.22. The van der Waals surface area contributed by atoms with Gasteiger partial charge in [0.25, 0.3) is 5.91 Å². The number of benzene rings is 2. The number of aryl methyl sites for hydroxylation is 1. The predicted octanol–water partition coefficient (Wildman–Crippen LogP) is 7.74. The summed E-state index contributed by atoms with van der Waals surface area (Å²) < 4.78 is 0. The first kappa shape index (κ1) is 29.8. The van der Waals surface area contributed by atoms with Crippen molar-refractivity contribution in [2.45, 2.75) is 78.3 Å². The van der Waals surface area contributed by atoms with Crippen LogP contribution in [0.2, 0.25) is 0 Å². The molecule has 0 radical (unpaired) electrons. The highest BCUT2D eigenvalue weighted by molar-refractivity contribution is 5.94. The Bertz CT molecular complexity index is 1150. The smallest absolute Gasteiger partial charge is 0.254 e. The SMILES string of the molecule is CCCCCc1ccc(C(=O)N(Cc2ccc(N(C)c3ccccn3)cc2)C2CCN(CCC(C)C)CC2)cc1. The van der Waals surface area contributed by atoms with E-state index in [4.69, 9.17) is 0 Å². The molecule has 1 aliphatic rings. The summed E-state index contributed by atoms with van der Waals surface area (Å²) in [5, 5.41) is 0. The molecule has 3 aromatic rings. The molecule has 0 aliphatic carbocycles. The lowest BCUT2D eigenvalue weighted by Gasteiger charge is -2.39. The van der Waals surface area contributed by atoms with E-state index in [0.29, 0.717) is 6.54 Å². The minimum Gasteiger partial charge on any atom is -0.331 e. The molecule has 1 aromatic heterocycles. The monoisotopic (exact) mass is 540 g/mol. The molecule has 1 amide bonds. The highest BCUT2D eigenvalue weighted by Gasteiger charge is 2.29. The summed E-state index contributed by atoms with van der Waals surface area (Å²) in [5.74, 6) is 1.78. The summed E-state index contributed by atoms with van der Waals surface area (Å²) in [5.41, 5.74) is 4.36. The average molecular weight is 541 g/mol. The van der Waals surface area contributed by atoms with Gasteiger partial charge < -0.3 is 14.7 Å². The molecular formula is C35H48N4O. The van der Waals surface area contributed by atoms with Crippen molar-refractivity contribution in [3.8, 4) is 0 Å². The summed E-state index contributed by atoms with van der Waals surface area (Å²) in [7, 11) is 2.03. The molecule has 214 valence electrons. The molecule has 2 heterocycles. The number of nitrogens with zero attached hydrogens (tertiary/aromatic N) is 4. The molecule has 1 aliphatic heterocycles. The molecule has 0 spiro atoms. The quantitative estimate of drug-likeness (QED) is 0.208. The van der Waals surface area contributed by atoms with Crippen LogP contribution in [-0.4, -0.2) is 53.4 Å². The number of unbranched alkanes of at least 4 members (excludes halogenated alkanes) is 2. The van der Waals surface area contributed by atoms with Gasteiger partial charge in [-0.05, 0) is 92.1 Å². The van der Waals surface area contributed by atoms with Crippen LogP contribution in [0.5, 0.6) is 0 Å². The van der Waals surface area contributed by atoms with E-state index in [0.717, 1.165) is 67.4 Å². The van der Waals surface area contributed by atoms with E-state index >= 15 is 0 Å². The summed E-state index contributed by atoms with van der Waals surface area (Å²) >= 11 is 0. The van der Waals surface area contributed by atoms with E-state index in [1.54, 1.807) is 0 Å². The summed E-state index contributed by atoms with van der Waals surface area (Å²) in [6, 6.07) is 23.2. The average Bonchev–Trinajstić information content (AvgIpc) is 3.00. The Hall–Kier alpha value is -3.18. The number of rotatable bonds is 13. The minimum atomic E-state index is 0.149. The van der Waals surface area contributed by atoms with Gasteiger partial charge in [0.05, 0.1) is 0 Å². The van der Waals surface area contributed by atoms with E-state index in [-0.39, 0.29) is 11.9 Å². The van der Waals surface area contributed by atoms with Gasteiger partial charge in [0, 0.05) is 50.2 Å². The number of anilines is 2. The van der Waals surface area contributed by atoms with Gasteiger partial charge in [0.1, 0.15) is 5.82 Å². The largest absolute Gasteiger partial charge is 0.331 e. The van der Waals surface area contributed by atoms with Crippen LogP contribution in [0.3, 0.4) is 0 Å². The number of carbonyl (C=O) groups excluding carboxylic acids is 1. The van der Waals surface area contributed by atoms with E-state index in [9.17, 15) is 4.79 Å². The second-order valence-corrected chi connectivity index (χ2v) is 11.8. The van der Waals surface area contributed by atoms with Gasteiger partial charge in [-0.15, -0.1) is 0 Å². The van der Waals surface area contributed by atoms with Crippen molar-refractivity contribution < 1.29 is 4.79 Å².